The summed E-state index contributed by atoms with van der Waals surface area (Å²) in [4.78, 5) is 9.69. The van der Waals surface area contributed by atoms with Gasteiger partial charge in [-0.15, -0.1) is 11.3 Å². The van der Waals surface area contributed by atoms with E-state index in [-0.39, 0.29) is 10.6 Å². The molecule has 6 N–H and O–H groups in total. The van der Waals surface area contributed by atoms with Gasteiger partial charge in [-0.25, -0.2) is 23.5 Å². The number of aromatic hydroxyl groups is 1. The van der Waals surface area contributed by atoms with Crippen LogP contribution in [0.1, 0.15) is 11.3 Å². The Hall–Kier alpha value is -3.45. The Kier molecular flexibility index (Phi) is 6.33. The lowest BCUT2D eigenvalue weighted by atomic mass is 10.2. The van der Waals surface area contributed by atoms with Crippen molar-refractivity contribution in [3.8, 4) is 21.4 Å². The first kappa shape index (κ1) is 22.7. The SMILES string of the molecule is COc1ccc(/C=C/c2csc(-c3sc(Nc4ccc(S(N)(=O)=O)cc4)nc3N)n2)cc1O. The third kappa shape index (κ3) is 5.31. The molecule has 2 aromatic heterocycles. The lowest BCUT2D eigenvalue weighted by Crippen LogP contribution is -2.11. The average Bonchev–Trinajstić information content (AvgIpc) is 3.38. The number of primary sulfonamides is 1. The Balaban J connectivity index is 1.49. The number of nitrogens with zero attached hydrogens (tertiary/aromatic N) is 2. The number of thiazole rings is 2. The quantitative estimate of drug-likeness (QED) is 0.295. The molecule has 0 radical (unpaired) electrons. The van der Waals surface area contributed by atoms with Crippen LogP contribution < -0.4 is 20.9 Å². The van der Waals surface area contributed by atoms with Crippen molar-refractivity contribution in [2.75, 3.05) is 18.2 Å². The van der Waals surface area contributed by atoms with Crippen LogP contribution in [-0.2, 0) is 10.0 Å². The van der Waals surface area contributed by atoms with E-state index >= 15 is 0 Å². The summed E-state index contributed by atoms with van der Waals surface area (Å²) in [6.07, 6.45) is 3.68. The summed E-state index contributed by atoms with van der Waals surface area (Å²) < 4.78 is 27.8. The highest BCUT2D eigenvalue weighted by atomic mass is 32.2. The van der Waals surface area contributed by atoms with Gasteiger partial charge < -0.3 is 20.9 Å². The van der Waals surface area contributed by atoms with Gasteiger partial charge in [-0.05, 0) is 48.0 Å². The molecule has 0 spiro atoms. The van der Waals surface area contributed by atoms with Crippen molar-refractivity contribution >= 4 is 61.5 Å². The van der Waals surface area contributed by atoms with E-state index in [1.165, 1.54) is 41.9 Å². The highest BCUT2D eigenvalue weighted by Crippen LogP contribution is 2.38. The van der Waals surface area contributed by atoms with E-state index in [9.17, 15) is 13.5 Å². The number of ether oxygens (including phenoxy) is 1. The predicted molar refractivity (Wildman–Crippen MR) is 132 cm³/mol. The molecule has 2 aromatic carbocycles. The van der Waals surface area contributed by atoms with Gasteiger partial charge in [0, 0.05) is 11.1 Å². The van der Waals surface area contributed by atoms with Gasteiger partial charge in [0.1, 0.15) is 15.7 Å². The molecule has 0 aliphatic heterocycles. The van der Waals surface area contributed by atoms with E-state index in [1.807, 2.05) is 23.6 Å². The molecule has 4 rings (SSSR count). The molecular weight excluding hydrogens is 482 g/mol. The minimum Gasteiger partial charge on any atom is -0.504 e. The van der Waals surface area contributed by atoms with Crippen molar-refractivity contribution in [3.63, 3.8) is 0 Å². The normalized spacial score (nSPS) is 11.7. The first-order valence-corrected chi connectivity index (χ1v) is 12.6. The van der Waals surface area contributed by atoms with Gasteiger partial charge in [0.25, 0.3) is 0 Å². The van der Waals surface area contributed by atoms with Crippen LogP contribution in [0.3, 0.4) is 0 Å². The minimum absolute atomic E-state index is 0.0283. The van der Waals surface area contributed by atoms with Crippen LogP contribution in [0.25, 0.3) is 22.0 Å². The van der Waals surface area contributed by atoms with Gasteiger partial charge in [-0.1, -0.05) is 23.5 Å². The molecule has 0 bridgehead atoms. The molecule has 12 heteroatoms. The number of phenolic OH excluding ortho intramolecular Hbond substituents is 1. The van der Waals surface area contributed by atoms with Gasteiger partial charge in [0.15, 0.2) is 16.6 Å². The number of benzene rings is 2. The fraction of sp³-hybridized carbons (Fsp3) is 0.0476. The van der Waals surface area contributed by atoms with Crippen LogP contribution in [0.2, 0.25) is 0 Å². The number of nitrogens with two attached hydrogens (primary N) is 2. The number of nitrogen functional groups attached to an aromatic ring is 1. The van der Waals surface area contributed by atoms with Crippen molar-refractivity contribution < 1.29 is 18.3 Å². The Morgan fingerprint density at radius 2 is 1.88 bits per heavy atom. The van der Waals surface area contributed by atoms with Crippen LogP contribution in [0, 0.1) is 0 Å². The van der Waals surface area contributed by atoms with Gasteiger partial charge >= 0.3 is 0 Å². The number of rotatable bonds is 7. The fourth-order valence-electron chi connectivity index (χ4n) is 2.85. The first-order valence-electron chi connectivity index (χ1n) is 9.40. The smallest absolute Gasteiger partial charge is 0.238 e. The summed E-state index contributed by atoms with van der Waals surface area (Å²) in [5.74, 6) is 0.817. The van der Waals surface area contributed by atoms with Crippen molar-refractivity contribution in [2.45, 2.75) is 4.90 Å². The molecule has 170 valence electrons. The zero-order chi connectivity index (χ0) is 23.6. The second kappa shape index (κ2) is 9.19. The molecule has 0 aliphatic rings. The van der Waals surface area contributed by atoms with Crippen LogP contribution in [0.4, 0.5) is 16.6 Å². The second-order valence-electron chi connectivity index (χ2n) is 6.77. The minimum atomic E-state index is -3.75. The predicted octanol–water partition coefficient (Wildman–Crippen LogP) is 4.12. The highest BCUT2D eigenvalue weighted by molar-refractivity contribution is 7.89. The molecule has 9 nitrogen and oxygen atoms in total. The summed E-state index contributed by atoms with van der Waals surface area (Å²) in [5, 5.41) is 21.3. The summed E-state index contributed by atoms with van der Waals surface area (Å²) in [6, 6.07) is 11.2. The van der Waals surface area contributed by atoms with Gasteiger partial charge in [-0.2, -0.15) is 0 Å². The van der Waals surface area contributed by atoms with Crippen LogP contribution in [-0.4, -0.2) is 30.6 Å². The van der Waals surface area contributed by atoms with Crippen LogP contribution in [0.15, 0.2) is 52.7 Å². The summed E-state index contributed by atoms with van der Waals surface area (Å²) in [7, 11) is -2.25. The Bertz CT molecular complexity index is 1430. The number of methoxy groups -OCH3 is 1. The molecule has 0 amide bonds. The monoisotopic (exact) mass is 501 g/mol. The molecule has 0 unspecified atom stereocenters. The number of aromatic nitrogens is 2. The lowest BCUT2D eigenvalue weighted by molar-refractivity contribution is 0.373. The fourth-order valence-corrected chi connectivity index (χ4v) is 5.16. The third-order valence-electron chi connectivity index (χ3n) is 4.45. The van der Waals surface area contributed by atoms with Gasteiger partial charge in [0.2, 0.25) is 10.0 Å². The maximum absolute atomic E-state index is 11.4. The van der Waals surface area contributed by atoms with Crippen molar-refractivity contribution in [3.05, 3.63) is 59.1 Å². The van der Waals surface area contributed by atoms with Gasteiger partial charge in [0.05, 0.1) is 17.7 Å². The average molecular weight is 502 g/mol. The number of phenols is 1. The summed E-state index contributed by atoms with van der Waals surface area (Å²) in [5.41, 5.74) is 8.29. The first-order chi connectivity index (χ1) is 15.7. The van der Waals surface area contributed by atoms with E-state index in [4.69, 9.17) is 15.6 Å². The summed E-state index contributed by atoms with van der Waals surface area (Å²) in [6.45, 7) is 0. The van der Waals surface area contributed by atoms with Crippen LogP contribution in [0.5, 0.6) is 11.5 Å². The lowest BCUT2D eigenvalue weighted by Gasteiger charge is -2.03. The van der Waals surface area contributed by atoms with Gasteiger partial charge in [-0.3, -0.25) is 0 Å². The second-order valence-corrected chi connectivity index (χ2v) is 10.2. The number of sulfonamides is 1. The number of hydrogen-bond acceptors (Lipinski definition) is 10. The number of hydrogen-bond donors (Lipinski definition) is 4. The van der Waals surface area contributed by atoms with Crippen molar-refractivity contribution in [2.24, 2.45) is 5.14 Å². The number of nitrogens with one attached hydrogen (secondary N) is 1. The van der Waals surface area contributed by atoms with Crippen molar-refractivity contribution in [1.29, 1.82) is 0 Å². The van der Waals surface area contributed by atoms with E-state index < -0.39 is 10.0 Å². The maximum atomic E-state index is 11.4. The number of anilines is 3. The summed E-state index contributed by atoms with van der Waals surface area (Å²) >= 11 is 2.77. The molecular formula is C21H19N5O4S3. The molecule has 0 saturated heterocycles. The van der Waals surface area contributed by atoms with E-state index in [0.717, 1.165) is 21.1 Å². The molecule has 0 atom stereocenters. The van der Waals surface area contributed by atoms with E-state index in [2.05, 4.69) is 15.3 Å². The maximum Gasteiger partial charge on any atom is 0.238 e. The molecule has 4 aromatic rings. The van der Waals surface area contributed by atoms with Crippen molar-refractivity contribution in [1.82, 2.24) is 9.97 Å². The van der Waals surface area contributed by atoms with Crippen LogP contribution >= 0.6 is 22.7 Å². The molecule has 0 aliphatic carbocycles. The topological polar surface area (TPSA) is 153 Å². The van der Waals surface area contributed by atoms with E-state index in [0.29, 0.717) is 22.4 Å². The Morgan fingerprint density at radius 1 is 1.12 bits per heavy atom. The molecule has 2 heterocycles. The third-order valence-corrected chi connectivity index (χ3v) is 7.38. The largest absolute Gasteiger partial charge is 0.504 e. The molecule has 33 heavy (non-hydrogen) atoms. The zero-order valence-electron chi connectivity index (χ0n) is 17.2. The zero-order valence-corrected chi connectivity index (χ0v) is 19.7. The molecule has 0 fully saturated rings. The van der Waals surface area contributed by atoms with E-state index in [1.54, 1.807) is 24.3 Å². The standard InChI is InChI=1S/C21H19N5O4S3/c1-30-17-9-3-12(10-16(17)27)2-4-14-11-31-20(24-14)18-19(22)26-21(32-18)25-13-5-7-15(8-6-13)33(23,28)29/h2-11,27H,22H2,1H3,(H,25,26)(H2,23,28,29)/b4-2+. The Labute approximate surface area is 198 Å². The Morgan fingerprint density at radius 3 is 2.55 bits per heavy atom. The molecule has 0 saturated carbocycles. The highest BCUT2D eigenvalue weighted by Gasteiger charge is 2.15.